The average Bonchev–Trinajstić information content (AvgIpc) is 2.14. The summed E-state index contributed by atoms with van der Waals surface area (Å²) in [7, 11) is 1.83. The number of carbonyl (C=O) groups excluding carboxylic acids is 1. The fourth-order valence-electron chi connectivity index (χ4n) is 1.19. The van der Waals surface area contributed by atoms with Crippen LogP contribution in [0.15, 0.2) is 0 Å². The van der Waals surface area contributed by atoms with E-state index < -0.39 is 5.54 Å². The van der Waals surface area contributed by atoms with Crippen LogP contribution in [-0.4, -0.2) is 29.4 Å². The van der Waals surface area contributed by atoms with Crippen molar-refractivity contribution < 1.29 is 4.79 Å². The lowest BCUT2D eigenvalue weighted by atomic mass is 9.96. The molecule has 0 aliphatic carbocycles. The molecule has 0 heterocycles. The second-order valence-corrected chi connectivity index (χ2v) is 4.67. The SMILES string of the molecule is CCC(C)(N)C(=O)N(C)C(C)C(C)C. The molecule has 0 aromatic rings. The van der Waals surface area contributed by atoms with Crippen LogP contribution in [0.3, 0.4) is 0 Å². The van der Waals surface area contributed by atoms with Crippen molar-refractivity contribution >= 4 is 5.91 Å². The third-order valence-electron chi connectivity index (χ3n) is 3.12. The molecule has 0 radical (unpaired) electrons. The maximum absolute atomic E-state index is 11.9. The maximum atomic E-state index is 11.9. The average molecular weight is 200 g/mol. The number of amides is 1. The van der Waals surface area contributed by atoms with E-state index in [1.165, 1.54) is 0 Å². The fraction of sp³-hybridized carbons (Fsp3) is 0.909. The van der Waals surface area contributed by atoms with E-state index in [0.29, 0.717) is 12.3 Å². The molecule has 14 heavy (non-hydrogen) atoms. The lowest BCUT2D eigenvalue weighted by Gasteiger charge is -2.34. The van der Waals surface area contributed by atoms with Gasteiger partial charge in [0.25, 0.3) is 0 Å². The van der Waals surface area contributed by atoms with Crippen molar-refractivity contribution in [2.24, 2.45) is 11.7 Å². The monoisotopic (exact) mass is 200 g/mol. The van der Waals surface area contributed by atoms with E-state index in [0.717, 1.165) is 0 Å². The minimum Gasteiger partial charge on any atom is -0.341 e. The van der Waals surface area contributed by atoms with Crippen LogP contribution in [-0.2, 0) is 4.79 Å². The van der Waals surface area contributed by atoms with Crippen molar-refractivity contribution in [1.29, 1.82) is 0 Å². The van der Waals surface area contributed by atoms with Crippen molar-refractivity contribution in [3.05, 3.63) is 0 Å². The zero-order chi connectivity index (χ0) is 11.5. The van der Waals surface area contributed by atoms with Gasteiger partial charge >= 0.3 is 0 Å². The van der Waals surface area contributed by atoms with Crippen molar-refractivity contribution in [3.8, 4) is 0 Å². The fourth-order valence-corrected chi connectivity index (χ4v) is 1.19. The molecule has 0 rings (SSSR count). The van der Waals surface area contributed by atoms with Gasteiger partial charge in [0, 0.05) is 13.1 Å². The van der Waals surface area contributed by atoms with Gasteiger partial charge in [-0.1, -0.05) is 20.8 Å². The second-order valence-electron chi connectivity index (χ2n) is 4.67. The van der Waals surface area contributed by atoms with Crippen LogP contribution in [0.1, 0.15) is 41.0 Å². The van der Waals surface area contributed by atoms with Crippen LogP contribution in [0.2, 0.25) is 0 Å². The zero-order valence-electron chi connectivity index (χ0n) is 10.3. The third kappa shape index (κ3) is 2.98. The molecule has 84 valence electrons. The molecule has 2 N–H and O–H groups in total. The van der Waals surface area contributed by atoms with E-state index in [1.807, 2.05) is 20.9 Å². The van der Waals surface area contributed by atoms with Crippen LogP contribution in [0.4, 0.5) is 0 Å². The number of hydrogen-bond acceptors (Lipinski definition) is 2. The first-order valence-electron chi connectivity index (χ1n) is 5.30. The summed E-state index contributed by atoms with van der Waals surface area (Å²) >= 11 is 0. The Balaban J connectivity index is 4.55. The smallest absolute Gasteiger partial charge is 0.242 e. The summed E-state index contributed by atoms with van der Waals surface area (Å²) in [6.45, 7) is 9.99. The van der Waals surface area contributed by atoms with Gasteiger partial charge < -0.3 is 10.6 Å². The molecule has 0 aromatic heterocycles. The molecule has 0 spiro atoms. The summed E-state index contributed by atoms with van der Waals surface area (Å²) in [5, 5.41) is 0. The van der Waals surface area contributed by atoms with Gasteiger partial charge in [-0.3, -0.25) is 4.79 Å². The lowest BCUT2D eigenvalue weighted by Crippen LogP contribution is -2.54. The van der Waals surface area contributed by atoms with Crippen LogP contribution in [0.5, 0.6) is 0 Å². The molecule has 3 nitrogen and oxygen atoms in total. The number of rotatable bonds is 4. The van der Waals surface area contributed by atoms with E-state index in [-0.39, 0.29) is 11.9 Å². The highest BCUT2D eigenvalue weighted by Crippen LogP contribution is 2.14. The van der Waals surface area contributed by atoms with E-state index in [9.17, 15) is 4.79 Å². The minimum atomic E-state index is -0.724. The minimum absolute atomic E-state index is 0.0289. The predicted molar refractivity (Wildman–Crippen MR) is 60.0 cm³/mol. The van der Waals surface area contributed by atoms with E-state index in [1.54, 1.807) is 11.8 Å². The van der Waals surface area contributed by atoms with Crippen molar-refractivity contribution in [2.45, 2.75) is 52.6 Å². The summed E-state index contributed by atoms with van der Waals surface area (Å²) in [5.41, 5.74) is 5.18. The molecular weight excluding hydrogens is 176 g/mol. The number of carbonyl (C=O) groups is 1. The topological polar surface area (TPSA) is 46.3 Å². The first-order valence-corrected chi connectivity index (χ1v) is 5.30. The molecular formula is C11H24N2O. The van der Waals surface area contributed by atoms with Gasteiger partial charge in [0.15, 0.2) is 0 Å². The molecule has 0 saturated carbocycles. The molecule has 0 aromatic carbocycles. The Labute approximate surface area is 87.6 Å². The van der Waals surface area contributed by atoms with E-state index in [4.69, 9.17) is 5.73 Å². The summed E-state index contributed by atoms with van der Waals surface area (Å²) in [6, 6.07) is 0.233. The van der Waals surface area contributed by atoms with Crippen molar-refractivity contribution in [3.63, 3.8) is 0 Å². The molecule has 0 bridgehead atoms. The normalized spacial score (nSPS) is 17.7. The molecule has 0 aliphatic rings. The van der Waals surface area contributed by atoms with Gasteiger partial charge in [-0.15, -0.1) is 0 Å². The summed E-state index contributed by atoms with van der Waals surface area (Å²) in [4.78, 5) is 13.7. The van der Waals surface area contributed by atoms with Gasteiger partial charge in [0.2, 0.25) is 5.91 Å². The van der Waals surface area contributed by atoms with Crippen molar-refractivity contribution in [2.75, 3.05) is 7.05 Å². The zero-order valence-corrected chi connectivity index (χ0v) is 10.3. The molecule has 2 unspecified atom stereocenters. The van der Waals surface area contributed by atoms with Gasteiger partial charge in [0.05, 0.1) is 5.54 Å². The summed E-state index contributed by atoms with van der Waals surface area (Å²) in [5.74, 6) is 0.484. The first-order chi connectivity index (χ1) is 6.24. The molecule has 0 aliphatic heterocycles. The number of nitrogens with two attached hydrogens (primary N) is 1. The van der Waals surface area contributed by atoms with E-state index in [2.05, 4.69) is 13.8 Å². The molecule has 1 amide bonds. The first kappa shape index (κ1) is 13.4. The van der Waals surface area contributed by atoms with Gasteiger partial charge in [0.1, 0.15) is 0 Å². The number of hydrogen-bond donors (Lipinski definition) is 1. The second kappa shape index (κ2) is 4.78. The third-order valence-corrected chi connectivity index (χ3v) is 3.12. The number of likely N-dealkylation sites (N-methyl/N-ethyl adjacent to an activating group) is 1. The maximum Gasteiger partial charge on any atom is 0.242 e. The molecule has 0 saturated heterocycles. The standard InChI is InChI=1S/C11H24N2O/c1-7-11(5,12)10(14)13(6)9(4)8(2)3/h8-9H,7,12H2,1-6H3. The molecule has 0 fully saturated rings. The largest absolute Gasteiger partial charge is 0.341 e. The van der Waals surface area contributed by atoms with Crippen LogP contribution >= 0.6 is 0 Å². The van der Waals surface area contributed by atoms with Crippen LogP contribution < -0.4 is 5.73 Å². The lowest BCUT2D eigenvalue weighted by molar-refractivity contribution is -0.137. The Bertz CT molecular complexity index is 199. The number of nitrogens with zero attached hydrogens (tertiary/aromatic N) is 1. The highest BCUT2D eigenvalue weighted by atomic mass is 16.2. The predicted octanol–water partition coefficient (Wildman–Crippen LogP) is 1.62. The summed E-state index contributed by atoms with van der Waals surface area (Å²) in [6.07, 6.45) is 0.668. The van der Waals surface area contributed by atoms with Gasteiger partial charge in [-0.25, -0.2) is 0 Å². The highest BCUT2D eigenvalue weighted by molar-refractivity contribution is 5.85. The molecule has 3 heteroatoms. The Morgan fingerprint density at radius 1 is 1.43 bits per heavy atom. The van der Waals surface area contributed by atoms with E-state index >= 15 is 0 Å². The Morgan fingerprint density at radius 3 is 2.14 bits per heavy atom. The van der Waals surface area contributed by atoms with Gasteiger partial charge in [-0.2, -0.15) is 0 Å². The Morgan fingerprint density at radius 2 is 1.86 bits per heavy atom. The van der Waals surface area contributed by atoms with Crippen molar-refractivity contribution in [1.82, 2.24) is 4.90 Å². The Hall–Kier alpha value is -0.570. The van der Waals surface area contributed by atoms with Crippen LogP contribution in [0, 0.1) is 5.92 Å². The summed E-state index contributed by atoms with van der Waals surface area (Å²) < 4.78 is 0. The van der Waals surface area contributed by atoms with Gasteiger partial charge in [-0.05, 0) is 26.2 Å². The molecule has 2 atom stereocenters. The van der Waals surface area contributed by atoms with Crippen LogP contribution in [0.25, 0.3) is 0 Å². The quantitative estimate of drug-likeness (QED) is 0.749. The Kier molecular flexibility index (Phi) is 4.59. The highest BCUT2D eigenvalue weighted by Gasteiger charge is 2.31.